The van der Waals surface area contributed by atoms with Crippen LogP contribution < -0.4 is 9.46 Å². The number of thiophene rings is 1. The number of hydrogen-bond donors (Lipinski definition) is 1. The number of anilines is 1. The standard InChI is InChI=1S/C12H8Cl2F3NO3S2/c1-21-8-3-2-6(4-7(8)12(15,16)17)18-23(19,20)9-5-10(13)22-11(9)14/h2-5,18H,1H3. The maximum absolute atomic E-state index is 12.9. The number of ether oxygens (including phenoxy) is 1. The van der Waals surface area contributed by atoms with Crippen LogP contribution in [-0.2, 0) is 16.2 Å². The maximum Gasteiger partial charge on any atom is 0.420 e. The minimum absolute atomic E-state index is 0.0907. The fourth-order valence-corrected chi connectivity index (χ4v) is 4.91. The molecule has 23 heavy (non-hydrogen) atoms. The maximum atomic E-state index is 12.9. The summed E-state index contributed by atoms with van der Waals surface area (Å²) in [6.45, 7) is 0. The Labute approximate surface area is 143 Å². The molecule has 0 aliphatic carbocycles. The first-order valence-electron chi connectivity index (χ1n) is 5.77. The molecule has 1 aromatic carbocycles. The van der Waals surface area contributed by atoms with Crippen molar-refractivity contribution in [3.63, 3.8) is 0 Å². The molecule has 0 amide bonds. The van der Waals surface area contributed by atoms with Crippen LogP contribution in [0.1, 0.15) is 5.56 Å². The van der Waals surface area contributed by atoms with E-state index in [2.05, 4.69) is 4.74 Å². The molecule has 1 N–H and O–H groups in total. The van der Waals surface area contributed by atoms with Crippen LogP contribution in [-0.4, -0.2) is 15.5 Å². The molecule has 1 aromatic heterocycles. The zero-order valence-corrected chi connectivity index (χ0v) is 14.4. The van der Waals surface area contributed by atoms with Gasteiger partial charge in [-0.1, -0.05) is 23.2 Å². The van der Waals surface area contributed by atoms with Gasteiger partial charge in [-0.25, -0.2) is 8.42 Å². The number of sulfonamides is 1. The topological polar surface area (TPSA) is 55.4 Å². The second-order valence-corrected chi connectivity index (χ2v) is 8.14. The third kappa shape index (κ3) is 4.03. The third-order valence-corrected chi connectivity index (χ3v) is 5.81. The first-order chi connectivity index (χ1) is 10.5. The van der Waals surface area contributed by atoms with E-state index in [1.165, 1.54) is 0 Å². The molecule has 0 fully saturated rings. The quantitative estimate of drug-likeness (QED) is 0.787. The minimum atomic E-state index is -4.70. The summed E-state index contributed by atoms with van der Waals surface area (Å²) < 4.78 is 69.9. The van der Waals surface area contributed by atoms with E-state index in [0.29, 0.717) is 6.07 Å². The summed E-state index contributed by atoms with van der Waals surface area (Å²) in [5.41, 5.74) is -1.38. The van der Waals surface area contributed by atoms with Crippen molar-refractivity contribution < 1.29 is 26.3 Å². The van der Waals surface area contributed by atoms with E-state index in [0.717, 1.165) is 36.6 Å². The van der Waals surface area contributed by atoms with Crippen molar-refractivity contribution in [2.45, 2.75) is 11.1 Å². The summed E-state index contributed by atoms with van der Waals surface area (Å²) in [6, 6.07) is 3.92. The molecule has 0 saturated carbocycles. The molecule has 0 saturated heterocycles. The number of benzene rings is 1. The summed E-state index contributed by atoms with van der Waals surface area (Å²) in [6.07, 6.45) is -4.70. The molecule has 4 nitrogen and oxygen atoms in total. The molecule has 0 aliphatic rings. The number of rotatable bonds is 4. The molecule has 0 atom stereocenters. The largest absolute Gasteiger partial charge is 0.496 e. The molecule has 0 aliphatic heterocycles. The number of nitrogens with one attached hydrogen (secondary N) is 1. The van der Waals surface area contributed by atoms with E-state index in [-0.39, 0.29) is 19.3 Å². The number of hydrogen-bond acceptors (Lipinski definition) is 4. The van der Waals surface area contributed by atoms with Gasteiger partial charge in [0.25, 0.3) is 10.0 Å². The molecule has 2 aromatic rings. The normalized spacial score (nSPS) is 12.3. The Morgan fingerprint density at radius 2 is 1.87 bits per heavy atom. The first-order valence-corrected chi connectivity index (χ1v) is 8.83. The van der Waals surface area contributed by atoms with Gasteiger partial charge in [0.2, 0.25) is 0 Å². The second kappa shape index (κ2) is 6.39. The van der Waals surface area contributed by atoms with Crippen molar-refractivity contribution >= 4 is 50.2 Å². The van der Waals surface area contributed by atoms with Gasteiger partial charge >= 0.3 is 6.18 Å². The number of methoxy groups -OCH3 is 1. The fraction of sp³-hybridized carbons (Fsp3) is 0.167. The van der Waals surface area contributed by atoms with Crippen LogP contribution in [0.4, 0.5) is 18.9 Å². The fourth-order valence-electron chi connectivity index (χ4n) is 1.71. The van der Waals surface area contributed by atoms with Gasteiger partial charge in [0.15, 0.2) is 0 Å². The van der Waals surface area contributed by atoms with Gasteiger partial charge in [-0.2, -0.15) is 13.2 Å². The highest BCUT2D eigenvalue weighted by Crippen LogP contribution is 2.39. The van der Waals surface area contributed by atoms with Gasteiger partial charge in [-0.3, -0.25) is 4.72 Å². The van der Waals surface area contributed by atoms with Crippen molar-refractivity contribution in [2.24, 2.45) is 0 Å². The molecule has 2 rings (SSSR count). The summed E-state index contributed by atoms with van der Waals surface area (Å²) in [7, 11) is -3.08. The molecular weight excluding hydrogens is 398 g/mol. The lowest BCUT2D eigenvalue weighted by molar-refractivity contribution is -0.138. The van der Waals surface area contributed by atoms with E-state index in [4.69, 9.17) is 23.2 Å². The van der Waals surface area contributed by atoms with Crippen LogP contribution in [0.3, 0.4) is 0 Å². The second-order valence-electron chi connectivity index (χ2n) is 4.21. The zero-order chi connectivity index (χ0) is 17.4. The van der Waals surface area contributed by atoms with E-state index in [1.54, 1.807) is 0 Å². The number of alkyl halides is 3. The monoisotopic (exact) mass is 405 g/mol. The van der Waals surface area contributed by atoms with Gasteiger partial charge in [0, 0.05) is 5.69 Å². The van der Waals surface area contributed by atoms with Gasteiger partial charge in [0.1, 0.15) is 15.0 Å². The van der Waals surface area contributed by atoms with Crippen LogP contribution in [0, 0.1) is 0 Å². The van der Waals surface area contributed by atoms with Crippen LogP contribution in [0.5, 0.6) is 5.75 Å². The predicted molar refractivity (Wildman–Crippen MR) is 83.1 cm³/mol. The van der Waals surface area contributed by atoms with Gasteiger partial charge in [-0.05, 0) is 24.3 Å². The lowest BCUT2D eigenvalue weighted by atomic mass is 10.1. The Balaban J connectivity index is 2.42. The van der Waals surface area contributed by atoms with Crippen LogP contribution >= 0.6 is 34.5 Å². The SMILES string of the molecule is COc1ccc(NS(=O)(=O)c2cc(Cl)sc2Cl)cc1C(F)(F)F. The molecule has 126 valence electrons. The van der Waals surface area contributed by atoms with Crippen molar-refractivity contribution in [3.8, 4) is 5.75 Å². The Hall–Kier alpha value is -1.16. The predicted octanol–water partition coefficient (Wildman–Crippen LogP) is 4.88. The van der Waals surface area contributed by atoms with Crippen LogP contribution in [0.2, 0.25) is 8.67 Å². The molecule has 0 bridgehead atoms. The van der Waals surface area contributed by atoms with E-state index in [9.17, 15) is 21.6 Å². The zero-order valence-electron chi connectivity index (χ0n) is 11.2. The minimum Gasteiger partial charge on any atom is -0.496 e. The van der Waals surface area contributed by atoms with E-state index in [1.807, 2.05) is 4.72 Å². The number of halogens is 5. The highest BCUT2D eigenvalue weighted by Gasteiger charge is 2.35. The smallest absolute Gasteiger partial charge is 0.420 e. The van der Waals surface area contributed by atoms with Gasteiger partial charge < -0.3 is 4.74 Å². The van der Waals surface area contributed by atoms with Crippen molar-refractivity contribution in [3.05, 3.63) is 38.5 Å². The summed E-state index contributed by atoms with van der Waals surface area (Å²) in [4.78, 5) is -0.307. The lowest BCUT2D eigenvalue weighted by Gasteiger charge is -2.14. The Morgan fingerprint density at radius 3 is 2.35 bits per heavy atom. The Morgan fingerprint density at radius 1 is 1.22 bits per heavy atom. The molecule has 0 spiro atoms. The van der Waals surface area contributed by atoms with E-state index < -0.39 is 27.5 Å². The van der Waals surface area contributed by atoms with Gasteiger partial charge in [-0.15, -0.1) is 11.3 Å². The first kappa shape index (κ1) is 18.2. The summed E-state index contributed by atoms with van der Waals surface area (Å²) in [5.74, 6) is -0.419. The van der Waals surface area contributed by atoms with E-state index >= 15 is 0 Å². The highest BCUT2D eigenvalue weighted by atomic mass is 35.5. The molecule has 1 heterocycles. The average molecular weight is 406 g/mol. The molecule has 0 radical (unpaired) electrons. The highest BCUT2D eigenvalue weighted by molar-refractivity contribution is 7.93. The molecular formula is C12H8Cl2F3NO3S2. The van der Waals surface area contributed by atoms with Crippen LogP contribution in [0.15, 0.2) is 29.2 Å². The Kier molecular flexibility index (Phi) is 5.05. The molecule has 0 unspecified atom stereocenters. The van der Waals surface area contributed by atoms with Crippen molar-refractivity contribution in [2.75, 3.05) is 11.8 Å². The lowest BCUT2D eigenvalue weighted by Crippen LogP contribution is -2.14. The Bertz CT molecular complexity index is 835. The van der Waals surface area contributed by atoms with Crippen LogP contribution in [0.25, 0.3) is 0 Å². The summed E-state index contributed by atoms with van der Waals surface area (Å²) in [5, 5.41) is 0. The average Bonchev–Trinajstić information content (AvgIpc) is 2.77. The van der Waals surface area contributed by atoms with Gasteiger partial charge in [0.05, 0.1) is 17.0 Å². The van der Waals surface area contributed by atoms with Crippen molar-refractivity contribution in [1.82, 2.24) is 0 Å². The van der Waals surface area contributed by atoms with Crippen molar-refractivity contribution in [1.29, 1.82) is 0 Å². The molecule has 11 heteroatoms. The third-order valence-electron chi connectivity index (χ3n) is 2.67. The summed E-state index contributed by atoms with van der Waals surface area (Å²) >= 11 is 12.3.